The number of primary amides is 1. The molecule has 0 bridgehead atoms. The molecule has 0 saturated carbocycles. The minimum Gasteiger partial charge on any atom is -0.368 e. The Morgan fingerprint density at radius 2 is 2.03 bits per heavy atom. The maximum absolute atomic E-state index is 13.1. The second kappa shape index (κ2) is 6.77. The summed E-state index contributed by atoms with van der Waals surface area (Å²) in [6.45, 7) is 4.77. The lowest BCUT2D eigenvalue weighted by Crippen LogP contribution is -2.43. The average Bonchev–Trinajstić information content (AvgIpc) is 3.04. The van der Waals surface area contributed by atoms with Crippen molar-refractivity contribution in [3.63, 3.8) is 0 Å². The summed E-state index contributed by atoms with van der Waals surface area (Å²) in [5.41, 5.74) is 6.39. The number of benzene rings is 1. The smallest absolute Gasteiger partial charge is 0.332 e. The van der Waals surface area contributed by atoms with Crippen LogP contribution >= 0.6 is 11.6 Å². The number of nitrogens with zero attached hydrogens (tertiary/aromatic N) is 5. The Kier molecular flexibility index (Phi) is 4.49. The first kappa shape index (κ1) is 19.3. The normalized spacial score (nSPS) is 16.3. The second-order valence-electron chi connectivity index (χ2n) is 7.54. The molecule has 0 saturated heterocycles. The minimum absolute atomic E-state index is 0.209. The fraction of sp³-hybridized carbons (Fsp3) is 0.368. The lowest BCUT2D eigenvalue weighted by Gasteiger charge is -2.33. The molecule has 1 aromatic carbocycles. The molecule has 4 rings (SSSR count). The summed E-state index contributed by atoms with van der Waals surface area (Å²) in [5.74, 6) is 0.00868. The predicted molar refractivity (Wildman–Crippen MR) is 111 cm³/mol. The highest BCUT2D eigenvalue weighted by molar-refractivity contribution is 6.31. The number of hydrogen-bond donors (Lipinski definition) is 1. The average molecular weight is 417 g/mol. The largest absolute Gasteiger partial charge is 0.368 e. The lowest BCUT2D eigenvalue weighted by molar-refractivity contribution is -0.118. The summed E-state index contributed by atoms with van der Waals surface area (Å²) < 4.78 is 3.93. The molecule has 1 aliphatic heterocycles. The van der Waals surface area contributed by atoms with Crippen LogP contribution in [-0.2, 0) is 24.9 Å². The molecule has 9 nitrogen and oxygen atoms in total. The summed E-state index contributed by atoms with van der Waals surface area (Å²) in [5, 5.41) is 0.639. The maximum Gasteiger partial charge on any atom is 0.332 e. The zero-order chi connectivity index (χ0) is 21.0. The number of imidazole rings is 1. The van der Waals surface area contributed by atoms with Gasteiger partial charge in [0.15, 0.2) is 11.2 Å². The fourth-order valence-corrected chi connectivity index (χ4v) is 3.94. The van der Waals surface area contributed by atoms with Gasteiger partial charge in [-0.25, -0.2) is 9.36 Å². The highest BCUT2D eigenvalue weighted by Crippen LogP contribution is 2.34. The van der Waals surface area contributed by atoms with E-state index in [-0.39, 0.29) is 17.1 Å². The topological polar surface area (TPSA) is 108 Å². The Hall–Kier alpha value is -3.07. The van der Waals surface area contributed by atoms with E-state index in [4.69, 9.17) is 17.3 Å². The van der Waals surface area contributed by atoms with Gasteiger partial charge in [-0.15, -0.1) is 0 Å². The van der Waals surface area contributed by atoms with Crippen LogP contribution in [0.4, 0.5) is 11.6 Å². The summed E-state index contributed by atoms with van der Waals surface area (Å²) in [6.07, 6.45) is 0. The van der Waals surface area contributed by atoms with E-state index >= 15 is 0 Å². The van der Waals surface area contributed by atoms with E-state index in [9.17, 15) is 14.4 Å². The van der Waals surface area contributed by atoms with Crippen LogP contribution in [0.25, 0.3) is 11.2 Å². The second-order valence-corrected chi connectivity index (χ2v) is 7.95. The summed E-state index contributed by atoms with van der Waals surface area (Å²) in [4.78, 5) is 43.6. The van der Waals surface area contributed by atoms with Gasteiger partial charge in [-0.2, -0.15) is 4.98 Å². The van der Waals surface area contributed by atoms with Crippen molar-refractivity contribution in [1.29, 1.82) is 0 Å². The van der Waals surface area contributed by atoms with E-state index in [1.807, 2.05) is 30.0 Å². The Bertz CT molecular complexity index is 1270. The molecular formula is C19H21ClN6O3. The van der Waals surface area contributed by atoms with E-state index in [0.717, 1.165) is 15.8 Å². The molecule has 1 amide bonds. The predicted octanol–water partition coefficient (Wildman–Crippen LogP) is 1.13. The Labute approximate surface area is 170 Å². The zero-order valence-corrected chi connectivity index (χ0v) is 17.1. The van der Waals surface area contributed by atoms with Gasteiger partial charge in [-0.1, -0.05) is 24.6 Å². The highest BCUT2D eigenvalue weighted by atomic mass is 35.5. The molecule has 29 heavy (non-hydrogen) atoms. The maximum atomic E-state index is 13.1. The van der Waals surface area contributed by atoms with Crippen molar-refractivity contribution in [3.8, 4) is 0 Å². The van der Waals surface area contributed by atoms with Crippen molar-refractivity contribution >= 4 is 40.3 Å². The first-order chi connectivity index (χ1) is 13.7. The van der Waals surface area contributed by atoms with Crippen LogP contribution in [0.3, 0.4) is 0 Å². The van der Waals surface area contributed by atoms with Gasteiger partial charge in [0.05, 0.1) is 0 Å². The third-order valence-electron chi connectivity index (χ3n) is 5.22. The van der Waals surface area contributed by atoms with Gasteiger partial charge in [0.25, 0.3) is 5.56 Å². The van der Waals surface area contributed by atoms with Gasteiger partial charge in [0.1, 0.15) is 6.54 Å². The molecule has 2 aromatic heterocycles. The number of rotatable bonds is 3. The van der Waals surface area contributed by atoms with Gasteiger partial charge in [-0.05, 0) is 30.5 Å². The Morgan fingerprint density at radius 3 is 2.69 bits per heavy atom. The van der Waals surface area contributed by atoms with Crippen LogP contribution in [-0.4, -0.2) is 31.1 Å². The van der Waals surface area contributed by atoms with Crippen LogP contribution < -0.4 is 21.9 Å². The standard InChI is InChI=1S/C19H21ClN6O3/c1-10-7-24(12-5-4-11(2)13(20)6-12)18-22-16-15(25(18)8-10)17(28)26(9-14(21)27)19(29)23(16)3/h4-6,10H,7-9H2,1-3H3,(H2,21,27). The third-order valence-corrected chi connectivity index (χ3v) is 5.63. The molecule has 1 unspecified atom stereocenters. The molecule has 2 N–H and O–H groups in total. The highest BCUT2D eigenvalue weighted by Gasteiger charge is 2.30. The number of amides is 1. The number of halogens is 1. The van der Waals surface area contributed by atoms with Crippen LogP contribution in [0.1, 0.15) is 12.5 Å². The van der Waals surface area contributed by atoms with Crippen LogP contribution in [0.15, 0.2) is 27.8 Å². The van der Waals surface area contributed by atoms with Crippen molar-refractivity contribution in [2.24, 2.45) is 18.7 Å². The number of aryl methyl sites for hydroxylation is 2. The first-order valence-corrected chi connectivity index (χ1v) is 9.59. The lowest BCUT2D eigenvalue weighted by atomic mass is 10.1. The number of hydrogen-bond acceptors (Lipinski definition) is 5. The first-order valence-electron chi connectivity index (χ1n) is 9.21. The van der Waals surface area contributed by atoms with Crippen LogP contribution in [0.2, 0.25) is 5.02 Å². The molecule has 1 aliphatic rings. The molecule has 0 spiro atoms. The van der Waals surface area contributed by atoms with Crippen molar-refractivity contribution in [2.45, 2.75) is 26.9 Å². The van der Waals surface area contributed by atoms with Gasteiger partial charge in [0, 0.05) is 30.8 Å². The van der Waals surface area contributed by atoms with E-state index < -0.39 is 23.7 Å². The number of nitrogens with two attached hydrogens (primary N) is 1. The van der Waals surface area contributed by atoms with Gasteiger partial charge < -0.3 is 15.2 Å². The molecule has 3 aromatic rings. The summed E-state index contributed by atoms with van der Waals surface area (Å²) >= 11 is 6.32. The van der Waals surface area contributed by atoms with Gasteiger partial charge >= 0.3 is 5.69 Å². The van der Waals surface area contributed by atoms with Gasteiger partial charge in [-0.3, -0.25) is 14.2 Å². The van der Waals surface area contributed by atoms with Gasteiger partial charge in [0.2, 0.25) is 11.9 Å². The van der Waals surface area contributed by atoms with Crippen molar-refractivity contribution in [1.82, 2.24) is 18.7 Å². The number of aromatic nitrogens is 4. The zero-order valence-electron chi connectivity index (χ0n) is 16.3. The Morgan fingerprint density at radius 1 is 1.31 bits per heavy atom. The molecule has 10 heteroatoms. The monoisotopic (exact) mass is 416 g/mol. The van der Waals surface area contributed by atoms with E-state index in [1.165, 1.54) is 11.6 Å². The molecule has 0 aliphatic carbocycles. The third kappa shape index (κ3) is 3.02. The molecule has 152 valence electrons. The van der Waals surface area contributed by atoms with E-state index in [1.54, 1.807) is 4.57 Å². The van der Waals surface area contributed by atoms with Crippen molar-refractivity contribution in [3.05, 3.63) is 49.6 Å². The number of fused-ring (bicyclic) bond motifs is 3. The van der Waals surface area contributed by atoms with Crippen molar-refractivity contribution in [2.75, 3.05) is 11.4 Å². The van der Waals surface area contributed by atoms with Crippen LogP contribution in [0.5, 0.6) is 0 Å². The number of carbonyl (C=O) groups excluding carboxylic acids is 1. The van der Waals surface area contributed by atoms with Crippen LogP contribution in [0, 0.1) is 12.8 Å². The summed E-state index contributed by atoms with van der Waals surface area (Å²) in [6, 6.07) is 5.75. The SMILES string of the molecule is Cc1ccc(N2CC(C)Cn3c2nc2c3c(=O)n(CC(N)=O)c(=O)n2C)cc1Cl. The molecule has 1 atom stereocenters. The minimum atomic E-state index is -0.758. The molecule has 0 radical (unpaired) electrons. The summed E-state index contributed by atoms with van der Waals surface area (Å²) in [7, 11) is 1.52. The van der Waals surface area contributed by atoms with E-state index in [0.29, 0.717) is 24.1 Å². The molecule has 0 fully saturated rings. The number of carbonyl (C=O) groups is 1. The van der Waals surface area contributed by atoms with E-state index in [2.05, 4.69) is 11.9 Å². The molecular weight excluding hydrogens is 396 g/mol. The quantitative estimate of drug-likeness (QED) is 0.688. The molecule has 3 heterocycles. The number of anilines is 2. The Balaban J connectivity index is 2.00. The fourth-order valence-electron chi connectivity index (χ4n) is 3.77. The van der Waals surface area contributed by atoms with Crippen molar-refractivity contribution < 1.29 is 4.79 Å².